The molecule has 2 N–H and O–H groups in total. The Morgan fingerprint density at radius 1 is 1.40 bits per heavy atom. The third-order valence-electron chi connectivity index (χ3n) is 2.23. The fraction of sp³-hybridized carbons (Fsp3) is 0.667. The fourth-order valence-corrected chi connectivity index (χ4v) is 2.26. The smallest absolute Gasteiger partial charge is 0.368 e. The lowest BCUT2D eigenvalue weighted by molar-refractivity contribution is -0.148. The number of esters is 1. The van der Waals surface area contributed by atoms with E-state index in [2.05, 4.69) is 0 Å². The molecule has 88 valence electrons. The monoisotopic (exact) mass is 236 g/mol. The van der Waals surface area contributed by atoms with Gasteiger partial charge < -0.3 is 14.5 Å². The number of ether oxygens (including phenoxy) is 1. The van der Waals surface area contributed by atoms with Crippen LogP contribution in [0.15, 0.2) is 12.2 Å². The third kappa shape index (κ3) is 3.45. The van der Waals surface area contributed by atoms with Gasteiger partial charge in [-0.25, -0.2) is 4.79 Å². The van der Waals surface area contributed by atoms with Crippen molar-refractivity contribution in [1.82, 2.24) is 0 Å². The van der Waals surface area contributed by atoms with Gasteiger partial charge in [-0.2, -0.15) is 0 Å². The zero-order valence-electron chi connectivity index (χ0n) is 9.14. The Bertz CT molecular complexity index is 287. The third-order valence-corrected chi connectivity index (χ3v) is 4.01. The van der Waals surface area contributed by atoms with Gasteiger partial charge in [0.15, 0.2) is 0 Å². The lowest BCUT2D eigenvalue weighted by Gasteiger charge is -2.31. The molecule has 0 aromatic rings. The highest BCUT2D eigenvalue weighted by atomic mass is 31.2. The largest absolute Gasteiger partial charge is 0.443 e. The molecular weight excluding hydrogens is 219 g/mol. The molecule has 0 fully saturated rings. The van der Waals surface area contributed by atoms with Crippen LogP contribution in [0, 0.1) is 0 Å². The second-order valence-corrected chi connectivity index (χ2v) is 5.02. The zero-order chi connectivity index (χ0) is 12.1. The molecule has 0 heterocycles. The maximum Gasteiger partial charge on any atom is 0.368 e. The molecule has 0 radical (unpaired) electrons. The Morgan fingerprint density at radius 2 is 1.87 bits per heavy atom. The molecule has 0 bridgehead atoms. The van der Waals surface area contributed by atoms with Gasteiger partial charge in [-0.05, 0) is 19.8 Å². The van der Waals surface area contributed by atoms with Crippen molar-refractivity contribution < 1.29 is 23.9 Å². The van der Waals surface area contributed by atoms with Crippen LogP contribution in [0.25, 0.3) is 0 Å². The summed E-state index contributed by atoms with van der Waals surface area (Å²) in [7, 11) is -4.46. The SMILES string of the molecule is C/C=C/C(=O)OC(CC)(CC)P(=O)(O)O. The fourth-order valence-electron chi connectivity index (χ4n) is 1.22. The molecule has 0 aliphatic rings. The molecule has 0 saturated carbocycles. The lowest BCUT2D eigenvalue weighted by Crippen LogP contribution is -2.33. The summed E-state index contributed by atoms with van der Waals surface area (Å²) in [6, 6.07) is 0. The predicted molar refractivity (Wildman–Crippen MR) is 56.3 cm³/mol. The highest BCUT2D eigenvalue weighted by molar-refractivity contribution is 7.53. The van der Waals surface area contributed by atoms with Crippen LogP contribution < -0.4 is 0 Å². The molecule has 5 nitrogen and oxygen atoms in total. The van der Waals surface area contributed by atoms with Crippen molar-refractivity contribution in [2.45, 2.75) is 39.0 Å². The summed E-state index contributed by atoms with van der Waals surface area (Å²) in [5, 5.41) is -1.69. The van der Waals surface area contributed by atoms with E-state index >= 15 is 0 Å². The standard InChI is InChI=1S/C9H17O5P/c1-4-7-8(10)14-9(5-2,6-3)15(11,12)13/h4,7H,5-6H2,1-3H3,(H2,11,12,13)/b7-4+. The Kier molecular flexibility index (Phi) is 5.21. The van der Waals surface area contributed by atoms with Gasteiger partial charge in [-0.1, -0.05) is 19.9 Å². The van der Waals surface area contributed by atoms with Crippen LogP contribution in [0.5, 0.6) is 0 Å². The molecule has 0 rings (SSSR count). The maximum absolute atomic E-state index is 11.2. The molecule has 0 aromatic heterocycles. The Balaban J connectivity index is 4.97. The number of hydrogen-bond donors (Lipinski definition) is 2. The highest BCUT2D eigenvalue weighted by Gasteiger charge is 2.47. The highest BCUT2D eigenvalue weighted by Crippen LogP contribution is 2.55. The van der Waals surface area contributed by atoms with E-state index in [1.165, 1.54) is 6.08 Å². The van der Waals surface area contributed by atoms with Gasteiger partial charge in [0.25, 0.3) is 0 Å². The summed E-state index contributed by atoms with van der Waals surface area (Å²) < 4.78 is 16.1. The van der Waals surface area contributed by atoms with Crippen molar-refractivity contribution in [3.05, 3.63) is 12.2 Å². The van der Waals surface area contributed by atoms with Crippen molar-refractivity contribution in [1.29, 1.82) is 0 Å². The van der Waals surface area contributed by atoms with E-state index in [-0.39, 0.29) is 12.8 Å². The molecule has 0 atom stereocenters. The minimum Gasteiger partial charge on any atom is -0.443 e. The van der Waals surface area contributed by atoms with Crippen molar-refractivity contribution in [2.75, 3.05) is 0 Å². The van der Waals surface area contributed by atoms with Gasteiger partial charge in [0.2, 0.25) is 5.34 Å². The molecule has 0 spiro atoms. The van der Waals surface area contributed by atoms with Crippen LogP contribution in [0.3, 0.4) is 0 Å². The molecule has 0 aliphatic carbocycles. The second-order valence-electron chi connectivity index (χ2n) is 3.12. The van der Waals surface area contributed by atoms with Crippen LogP contribution in [0.1, 0.15) is 33.6 Å². The van der Waals surface area contributed by atoms with Crippen molar-refractivity contribution in [3.63, 3.8) is 0 Å². The summed E-state index contributed by atoms with van der Waals surface area (Å²) in [4.78, 5) is 29.5. The first-order chi connectivity index (χ1) is 6.83. The quantitative estimate of drug-likeness (QED) is 0.432. The van der Waals surface area contributed by atoms with Crippen LogP contribution in [-0.4, -0.2) is 21.1 Å². The molecule has 0 unspecified atom stereocenters. The van der Waals surface area contributed by atoms with E-state index in [0.717, 1.165) is 6.08 Å². The summed E-state index contributed by atoms with van der Waals surface area (Å²) in [5.41, 5.74) is 0. The number of allylic oxidation sites excluding steroid dienone is 1. The van der Waals surface area contributed by atoms with Gasteiger partial charge in [0.1, 0.15) is 0 Å². The summed E-state index contributed by atoms with van der Waals surface area (Å²) in [6.07, 6.45) is 2.75. The molecule has 0 aliphatic heterocycles. The molecule has 0 amide bonds. The topological polar surface area (TPSA) is 83.8 Å². The number of carbonyl (C=O) groups is 1. The van der Waals surface area contributed by atoms with Gasteiger partial charge >= 0.3 is 13.6 Å². The van der Waals surface area contributed by atoms with Crippen LogP contribution in [0.2, 0.25) is 0 Å². The lowest BCUT2D eigenvalue weighted by atomic mass is 10.2. The van der Waals surface area contributed by atoms with Crippen LogP contribution in [-0.2, 0) is 14.1 Å². The van der Waals surface area contributed by atoms with Gasteiger partial charge in [-0.3, -0.25) is 4.57 Å². The number of rotatable bonds is 5. The summed E-state index contributed by atoms with van der Waals surface area (Å²) in [6.45, 7) is 4.77. The van der Waals surface area contributed by atoms with E-state index in [9.17, 15) is 9.36 Å². The van der Waals surface area contributed by atoms with Crippen molar-refractivity contribution >= 4 is 13.6 Å². The summed E-state index contributed by atoms with van der Waals surface area (Å²) in [5.74, 6) is -0.732. The minimum atomic E-state index is -4.46. The molecule has 0 saturated heterocycles. The number of hydrogen-bond acceptors (Lipinski definition) is 3. The van der Waals surface area contributed by atoms with Crippen molar-refractivity contribution in [3.8, 4) is 0 Å². The minimum absolute atomic E-state index is 0.0804. The Labute approximate surface area is 89.3 Å². The number of carbonyl (C=O) groups excluding carboxylic acids is 1. The molecule has 15 heavy (non-hydrogen) atoms. The predicted octanol–water partition coefficient (Wildman–Crippen LogP) is 1.80. The van der Waals surface area contributed by atoms with E-state index < -0.39 is 18.9 Å². The van der Waals surface area contributed by atoms with E-state index in [4.69, 9.17) is 14.5 Å². The Hall–Kier alpha value is -0.640. The summed E-state index contributed by atoms with van der Waals surface area (Å²) >= 11 is 0. The maximum atomic E-state index is 11.2. The average Bonchev–Trinajstić information content (AvgIpc) is 2.12. The van der Waals surface area contributed by atoms with E-state index in [0.29, 0.717) is 0 Å². The second kappa shape index (κ2) is 5.45. The average molecular weight is 236 g/mol. The van der Waals surface area contributed by atoms with E-state index in [1.807, 2.05) is 0 Å². The first-order valence-electron chi connectivity index (χ1n) is 4.74. The van der Waals surface area contributed by atoms with Crippen LogP contribution in [0.4, 0.5) is 0 Å². The normalized spacial score (nSPS) is 13.1. The Morgan fingerprint density at radius 3 is 2.13 bits per heavy atom. The van der Waals surface area contributed by atoms with Gasteiger partial charge in [-0.15, -0.1) is 0 Å². The first-order valence-corrected chi connectivity index (χ1v) is 6.35. The first kappa shape index (κ1) is 14.4. The molecule has 0 aromatic carbocycles. The zero-order valence-corrected chi connectivity index (χ0v) is 10.0. The van der Waals surface area contributed by atoms with Crippen molar-refractivity contribution in [2.24, 2.45) is 0 Å². The van der Waals surface area contributed by atoms with Gasteiger partial charge in [0.05, 0.1) is 0 Å². The van der Waals surface area contributed by atoms with E-state index in [1.54, 1.807) is 20.8 Å². The van der Waals surface area contributed by atoms with Crippen LogP contribution >= 0.6 is 7.60 Å². The molecule has 6 heteroatoms. The van der Waals surface area contributed by atoms with Gasteiger partial charge in [0, 0.05) is 6.08 Å². The molecular formula is C9H17O5P.